The zero-order chi connectivity index (χ0) is 14.9. The van der Waals surface area contributed by atoms with Gasteiger partial charge < -0.3 is 4.90 Å². The topological polar surface area (TPSA) is 66.5 Å². The first kappa shape index (κ1) is 15.0. The van der Waals surface area contributed by atoms with Crippen LogP contribution in [0.2, 0.25) is 0 Å². The molecule has 1 aromatic rings. The number of carbonyl (C=O) groups is 1. The maximum Gasteiger partial charge on any atom is 0.254 e. The first-order chi connectivity index (χ1) is 10.1. The maximum absolute atomic E-state index is 12.4. The summed E-state index contributed by atoms with van der Waals surface area (Å²) in [4.78, 5) is 14.3. The summed E-state index contributed by atoms with van der Waals surface area (Å²) in [5, 5.41) is 1.66. The third-order valence-corrected chi connectivity index (χ3v) is 6.84. The van der Waals surface area contributed by atoms with Gasteiger partial charge in [0, 0.05) is 24.5 Å². The molecule has 0 spiro atoms. The summed E-state index contributed by atoms with van der Waals surface area (Å²) in [6, 6.07) is 1.60. The molecule has 1 aromatic heterocycles. The number of sulfonamides is 1. The monoisotopic (exact) mass is 328 g/mol. The van der Waals surface area contributed by atoms with Crippen molar-refractivity contribution in [3.8, 4) is 0 Å². The fourth-order valence-electron chi connectivity index (χ4n) is 2.50. The predicted molar refractivity (Wildman–Crippen MR) is 82.0 cm³/mol. The summed E-state index contributed by atoms with van der Waals surface area (Å²) in [5.74, 6) is -0.0407. The van der Waals surface area contributed by atoms with Crippen LogP contribution in [-0.2, 0) is 10.0 Å². The molecule has 0 unspecified atom stereocenters. The molecule has 0 atom stereocenters. The van der Waals surface area contributed by atoms with Gasteiger partial charge in [-0.25, -0.2) is 13.1 Å². The van der Waals surface area contributed by atoms with E-state index in [1.807, 2.05) is 4.90 Å². The molecule has 1 amide bonds. The molecule has 21 heavy (non-hydrogen) atoms. The van der Waals surface area contributed by atoms with Gasteiger partial charge in [0.25, 0.3) is 5.91 Å². The van der Waals surface area contributed by atoms with E-state index in [2.05, 4.69) is 4.72 Å². The average molecular weight is 328 g/mol. The largest absolute Gasteiger partial charge is 0.339 e. The van der Waals surface area contributed by atoms with Crippen molar-refractivity contribution in [2.24, 2.45) is 0 Å². The number of carbonyl (C=O) groups excluding carboxylic acids is 1. The Labute approximate surface area is 129 Å². The highest BCUT2D eigenvalue weighted by atomic mass is 32.2. The average Bonchev–Trinajstić information content (AvgIpc) is 3.17. The molecular weight excluding hydrogens is 308 g/mol. The Kier molecular flexibility index (Phi) is 4.33. The lowest BCUT2D eigenvalue weighted by Gasteiger charge is -2.19. The normalized spacial score (nSPS) is 20.3. The van der Waals surface area contributed by atoms with E-state index in [4.69, 9.17) is 0 Å². The molecule has 1 aliphatic heterocycles. The minimum Gasteiger partial charge on any atom is -0.339 e. The molecule has 0 bridgehead atoms. The van der Waals surface area contributed by atoms with E-state index in [1.54, 1.807) is 5.38 Å². The highest BCUT2D eigenvalue weighted by Gasteiger charge is 2.29. The molecule has 1 saturated heterocycles. The van der Waals surface area contributed by atoms with Gasteiger partial charge >= 0.3 is 0 Å². The molecule has 116 valence electrons. The number of thiophene rings is 1. The van der Waals surface area contributed by atoms with Gasteiger partial charge in [0.1, 0.15) is 4.21 Å². The zero-order valence-electron chi connectivity index (χ0n) is 11.9. The van der Waals surface area contributed by atoms with Crippen LogP contribution in [-0.4, -0.2) is 38.4 Å². The molecule has 3 rings (SSSR count). The van der Waals surface area contributed by atoms with E-state index in [0.717, 1.165) is 50.1 Å². The molecular formula is C14H20N2O3S2. The Morgan fingerprint density at radius 1 is 1.19 bits per heavy atom. The fraction of sp³-hybridized carbons (Fsp3) is 0.643. The highest BCUT2D eigenvalue weighted by molar-refractivity contribution is 7.91. The van der Waals surface area contributed by atoms with Gasteiger partial charge in [-0.05, 0) is 31.7 Å². The summed E-state index contributed by atoms with van der Waals surface area (Å²) in [6.07, 6.45) is 6.21. The van der Waals surface area contributed by atoms with E-state index in [9.17, 15) is 13.2 Å². The van der Waals surface area contributed by atoms with Crippen LogP contribution < -0.4 is 4.72 Å². The minimum atomic E-state index is -3.45. The molecule has 1 saturated carbocycles. The van der Waals surface area contributed by atoms with Crippen molar-refractivity contribution in [3.63, 3.8) is 0 Å². The number of hydrogen-bond acceptors (Lipinski definition) is 4. The lowest BCUT2D eigenvalue weighted by Crippen LogP contribution is -2.31. The number of amides is 1. The van der Waals surface area contributed by atoms with Gasteiger partial charge in [0.15, 0.2) is 0 Å². The molecule has 1 aliphatic carbocycles. The zero-order valence-corrected chi connectivity index (χ0v) is 13.5. The van der Waals surface area contributed by atoms with Gasteiger partial charge in [-0.15, -0.1) is 11.3 Å². The first-order valence-electron chi connectivity index (χ1n) is 7.46. The van der Waals surface area contributed by atoms with Crippen LogP contribution in [0.1, 0.15) is 48.9 Å². The van der Waals surface area contributed by atoms with E-state index in [-0.39, 0.29) is 16.2 Å². The van der Waals surface area contributed by atoms with Gasteiger partial charge in [0.2, 0.25) is 10.0 Å². The van der Waals surface area contributed by atoms with Crippen LogP contribution in [0.25, 0.3) is 0 Å². The molecule has 2 fully saturated rings. The van der Waals surface area contributed by atoms with Crippen molar-refractivity contribution in [3.05, 3.63) is 17.0 Å². The molecule has 0 aromatic carbocycles. The Hall–Kier alpha value is -0.920. The Morgan fingerprint density at radius 2 is 1.86 bits per heavy atom. The Bertz CT molecular complexity index is 612. The lowest BCUT2D eigenvalue weighted by molar-refractivity contribution is 0.0762. The van der Waals surface area contributed by atoms with Gasteiger partial charge in [-0.1, -0.05) is 12.8 Å². The lowest BCUT2D eigenvalue weighted by atomic mass is 10.2. The summed E-state index contributed by atoms with van der Waals surface area (Å²) in [6.45, 7) is 1.55. The highest BCUT2D eigenvalue weighted by Crippen LogP contribution is 2.26. The molecule has 2 heterocycles. The second kappa shape index (κ2) is 6.06. The minimum absolute atomic E-state index is 0.0407. The molecule has 0 radical (unpaired) electrons. The van der Waals surface area contributed by atoms with Crippen LogP contribution in [0.5, 0.6) is 0 Å². The fourth-order valence-corrected chi connectivity index (χ4v) is 4.98. The SMILES string of the molecule is O=C(c1csc(S(=O)(=O)NC2CC2)c1)N1CCCCCC1. The standard InChI is InChI=1S/C14H20N2O3S2/c17-14(16-7-3-1-2-4-8-16)11-9-13(20-10-11)21(18,19)15-12-5-6-12/h9-10,12,15H,1-8H2. The summed E-state index contributed by atoms with van der Waals surface area (Å²) < 4.78 is 27.1. The Balaban J connectivity index is 1.72. The summed E-state index contributed by atoms with van der Waals surface area (Å²) in [5.41, 5.74) is 0.498. The van der Waals surface area contributed by atoms with Crippen molar-refractivity contribution < 1.29 is 13.2 Å². The number of nitrogens with one attached hydrogen (secondary N) is 1. The Morgan fingerprint density at radius 3 is 2.48 bits per heavy atom. The van der Waals surface area contributed by atoms with Crippen molar-refractivity contribution in [1.82, 2.24) is 9.62 Å². The van der Waals surface area contributed by atoms with Crippen LogP contribution in [0, 0.1) is 0 Å². The third kappa shape index (κ3) is 3.64. The van der Waals surface area contributed by atoms with E-state index in [0.29, 0.717) is 5.56 Å². The van der Waals surface area contributed by atoms with Crippen molar-refractivity contribution in [1.29, 1.82) is 0 Å². The third-order valence-electron chi connectivity index (χ3n) is 3.88. The van der Waals surface area contributed by atoms with E-state index in [1.165, 1.54) is 18.9 Å². The van der Waals surface area contributed by atoms with Gasteiger partial charge in [-0.3, -0.25) is 4.79 Å². The van der Waals surface area contributed by atoms with Gasteiger partial charge in [-0.2, -0.15) is 0 Å². The molecule has 7 heteroatoms. The molecule has 1 N–H and O–H groups in total. The first-order valence-corrected chi connectivity index (χ1v) is 9.83. The summed E-state index contributed by atoms with van der Waals surface area (Å²) >= 11 is 1.13. The quantitative estimate of drug-likeness (QED) is 0.921. The van der Waals surface area contributed by atoms with Crippen LogP contribution in [0.3, 0.4) is 0 Å². The second-order valence-corrected chi connectivity index (χ2v) is 8.61. The van der Waals surface area contributed by atoms with Crippen molar-refractivity contribution in [2.45, 2.75) is 48.8 Å². The van der Waals surface area contributed by atoms with Crippen molar-refractivity contribution >= 4 is 27.3 Å². The van der Waals surface area contributed by atoms with Crippen LogP contribution in [0.4, 0.5) is 0 Å². The number of nitrogens with zero attached hydrogens (tertiary/aromatic N) is 1. The molecule has 2 aliphatic rings. The van der Waals surface area contributed by atoms with Gasteiger partial charge in [0.05, 0.1) is 5.56 Å². The van der Waals surface area contributed by atoms with E-state index < -0.39 is 10.0 Å². The predicted octanol–water partition coefficient (Wildman–Crippen LogP) is 2.21. The maximum atomic E-state index is 12.4. The van der Waals surface area contributed by atoms with Crippen LogP contribution in [0.15, 0.2) is 15.7 Å². The van der Waals surface area contributed by atoms with Crippen molar-refractivity contribution in [2.75, 3.05) is 13.1 Å². The number of rotatable bonds is 4. The number of hydrogen-bond donors (Lipinski definition) is 1. The second-order valence-electron chi connectivity index (χ2n) is 5.76. The smallest absolute Gasteiger partial charge is 0.254 e. The summed E-state index contributed by atoms with van der Waals surface area (Å²) in [7, 11) is -3.45. The van der Waals surface area contributed by atoms with E-state index >= 15 is 0 Å². The van der Waals surface area contributed by atoms with Crippen LogP contribution >= 0.6 is 11.3 Å². The number of likely N-dealkylation sites (tertiary alicyclic amines) is 1. The molecule has 5 nitrogen and oxygen atoms in total.